The minimum Gasteiger partial charge on any atom is -0.364 e. The van der Waals surface area contributed by atoms with Gasteiger partial charge in [-0.15, -0.1) is 0 Å². The van der Waals surface area contributed by atoms with E-state index in [9.17, 15) is 4.79 Å². The molecule has 0 aromatic heterocycles. The predicted octanol–water partition coefficient (Wildman–Crippen LogP) is 3.70. The van der Waals surface area contributed by atoms with E-state index in [1.165, 1.54) is 0 Å². The Kier molecular flexibility index (Phi) is 4.35. The van der Waals surface area contributed by atoms with Crippen molar-refractivity contribution >= 4 is 11.5 Å². The molecule has 0 aliphatic carbocycles. The molecule has 19 heavy (non-hydrogen) atoms. The molecule has 0 bridgehead atoms. The number of benzene rings is 2. The largest absolute Gasteiger partial charge is 0.364 e. The highest BCUT2D eigenvalue weighted by molar-refractivity contribution is 6.00. The predicted molar refractivity (Wildman–Crippen MR) is 79.8 cm³/mol. The van der Waals surface area contributed by atoms with Crippen LogP contribution in [0.5, 0.6) is 0 Å². The molecule has 0 aliphatic rings. The third kappa shape index (κ3) is 3.22. The first-order valence-electron chi connectivity index (χ1n) is 6.61. The van der Waals surface area contributed by atoms with Crippen molar-refractivity contribution in [3.8, 4) is 0 Å². The average Bonchev–Trinajstić information content (AvgIpc) is 2.46. The summed E-state index contributed by atoms with van der Waals surface area (Å²) in [5.41, 5.74) is 2.94. The van der Waals surface area contributed by atoms with E-state index >= 15 is 0 Å². The molecule has 0 fully saturated rings. The number of carbonyl (C=O) groups is 1. The maximum atomic E-state index is 12.4. The highest BCUT2D eigenvalue weighted by atomic mass is 16.1. The first kappa shape index (κ1) is 13.3. The van der Waals surface area contributed by atoms with Gasteiger partial charge in [-0.25, -0.2) is 0 Å². The van der Waals surface area contributed by atoms with Crippen molar-refractivity contribution in [2.24, 2.45) is 0 Å². The maximum Gasteiger partial charge on any atom is 0.182 e. The number of aryl methyl sites for hydroxylation is 1. The van der Waals surface area contributed by atoms with Crippen molar-refractivity contribution in [1.82, 2.24) is 0 Å². The van der Waals surface area contributed by atoms with Crippen LogP contribution in [-0.4, -0.2) is 18.9 Å². The van der Waals surface area contributed by atoms with Crippen LogP contribution >= 0.6 is 0 Å². The lowest BCUT2D eigenvalue weighted by Crippen LogP contribution is -2.29. The zero-order valence-electron chi connectivity index (χ0n) is 11.5. The van der Waals surface area contributed by atoms with Crippen molar-refractivity contribution < 1.29 is 4.79 Å². The Bertz CT molecular complexity index is 548. The SMILES string of the molecule is CCN(CC(=O)c1ccccc1C)c1ccccc1. The van der Waals surface area contributed by atoms with E-state index in [-0.39, 0.29) is 5.78 Å². The highest BCUT2D eigenvalue weighted by Crippen LogP contribution is 2.15. The molecule has 2 heteroatoms. The molecule has 0 saturated heterocycles. The van der Waals surface area contributed by atoms with E-state index < -0.39 is 0 Å². The maximum absolute atomic E-state index is 12.4. The summed E-state index contributed by atoms with van der Waals surface area (Å²) in [5, 5.41) is 0. The van der Waals surface area contributed by atoms with E-state index in [0.29, 0.717) is 6.54 Å². The number of hydrogen-bond donors (Lipinski definition) is 0. The lowest BCUT2D eigenvalue weighted by atomic mass is 10.0. The molecule has 2 aromatic carbocycles. The minimum atomic E-state index is 0.170. The molecular formula is C17H19NO. The van der Waals surface area contributed by atoms with Gasteiger partial charge in [-0.05, 0) is 31.5 Å². The molecule has 0 aliphatic heterocycles. The third-order valence-electron chi connectivity index (χ3n) is 3.28. The van der Waals surface area contributed by atoms with Crippen molar-refractivity contribution in [3.05, 3.63) is 65.7 Å². The van der Waals surface area contributed by atoms with Gasteiger partial charge in [-0.3, -0.25) is 4.79 Å². The summed E-state index contributed by atoms with van der Waals surface area (Å²) in [6, 6.07) is 17.8. The van der Waals surface area contributed by atoms with Gasteiger partial charge in [-0.2, -0.15) is 0 Å². The monoisotopic (exact) mass is 253 g/mol. The van der Waals surface area contributed by atoms with E-state index in [2.05, 4.69) is 11.8 Å². The summed E-state index contributed by atoms with van der Waals surface area (Å²) >= 11 is 0. The standard InChI is InChI=1S/C17H19NO/c1-3-18(15-10-5-4-6-11-15)13-17(19)16-12-8-7-9-14(16)2/h4-12H,3,13H2,1-2H3. The van der Waals surface area contributed by atoms with Gasteiger partial charge in [-0.1, -0.05) is 42.5 Å². The first-order chi connectivity index (χ1) is 9.22. The Hall–Kier alpha value is -2.09. The summed E-state index contributed by atoms with van der Waals surface area (Å²) in [7, 11) is 0. The van der Waals surface area contributed by atoms with Crippen LogP contribution in [-0.2, 0) is 0 Å². The summed E-state index contributed by atoms with van der Waals surface area (Å²) in [5.74, 6) is 0.170. The molecule has 98 valence electrons. The second kappa shape index (κ2) is 6.19. The lowest BCUT2D eigenvalue weighted by molar-refractivity contribution is 0.0998. The van der Waals surface area contributed by atoms with E-state index in [4.69, 9.17) is 0 Å². The van der Waals surface area contributed by atoms with Crippen LogP contribution in [0.2, 0.25) is 0 Å². The molecule has 0 amide bonds. The molecule has 0 heterocycles. The Morgan fingerprint density at radius 3 is 2.26 bits per heavy atom. The minimum absolute atomic E-state index is 0.170. The molecule has 0 atom stereocenters. The smallest absolute Gasteiger partial charge is 0.182 e. The van der Waals surface area contributed by atoms with Gasteiger partial charge < -0.3 is 4.90 Å². The van der Waals surface area contributed by atoms with Gasteiger partial charge in [0, 0.05) is 17.8 Å². The van der Waals surface area contributed by atoms with Crippen molar-refractivity contribution in [1.29, 1.82) is 0 Å². The van der Waals surface area contributed by atoms with Crippen molar-refractivity contribution in [2.45, 2.75) is 13.8 Å². The zero-order valence-corrected chi connectivity index (χ0v) is 11.5. The molecular weight excluding hydrogens is 234 g/mol. The molecule has 2 nitrogen and oxygen atoms in total. The van der Waals surface area contributed by atoms with Crippen molar-refractivity contribution in [3.63, 3.8) is 0 Å². The van der Waals surface area contributed by atoms with Crippen LogP contribution in [0.1, 0.15) is 22.8 Å². The summed E-state index contributed by atoms with van der Waals surface area (Å²) in [4.78, 5) is 14.5. The Balaban J connectivity index is 2.16. The van der Waals surface area contributed by atoms with Gasteiger partial charge in [0.2, 0.25) is 0 Å². The summed E-state index contributed by atoms with van der Waals surface area (Å²) < 4.78 is 0. The van der Waals surface area contributed by atoms with Crippen LogP contribution in [0.15, 0.2) is 54.6 Å². The Morgan fingerprint density at radius 2 is 1.63 bits per heavy atom. The van der Waals surface area contributed by atoms with Gasteiger partial charge in [0.25, 0.3) is 0 Å². The summed E-state index contributed by atoms with van der Waals surface area (Å²) in [6.45, 7) is 5.29. The number of carbonyl (C=O) groups excluding carboxylic acids is 1. The fraction of sp³-hybridized carbons (Fsp3) is 0.235. The van der Waals surface area contributed by atoms with Gasteiger partial charge in [0.05, 0.1) is 6.54 Å². The Morgan fingerprint density at radius 1 is 1.00 bits per heavy atom. The number of Topliss-reactive ketones (excluding diaryl/α,β-unsaturated/α-hetero) is 1. The first-order valence-corrected chi connectivity index (χ1v) is 6.61. The van der Waals surface area contributed by atoms with Crippen LogP contribution in [0.4, 0.5) is 5.69 Å². The molecule has 0 saturated carbocycles. The number of para-hydroxylation sites is 1. The fourth-order valence-corrected chi connectivity index (χ4v) is 2.17. The van der Waals surface area contributed by atoms with Crippen molar-refractivity contribution in [2.75, 3.05) is 18.0 Å². The van der Waals surface area contributed by atoms with Gasteiger partial charge in [0.1, 0.15) is 0 Å². The number of ketones is 1. The highest BCUT2D eigenvalue weighted by Gasteiger charge is 2.13. The van der Waals surface area contributed by atoms with Gasteiger partial charge >= 0.3 is 0 Å². The van der Waals surface area contributed by atoms with Crippen LogP contribution in [0, 0.1) is 6.92 Å². The Labute approximate surface area is 114 Å². The molecule has 0 spiro atoms. The average molecular weight is 253 g/mol. The number of anilines is 1. The zero-order chi connectivity index (χ0) is 13.7. The van der Waals surface area contributed by atoms with Gasteiger partial charge in [0.15, 0.2) is 5.78 Å². The number of rotatable bonds is 5. The van der Waals surface area contributed by atoms with E-state index in [0.717, 1.165) is 23.4 Å². The topological polar surface area (TPSA) is 20.3 Å². The van der Waals surface area contributed by atoms with E-state index in [1.54, 1.807) is 0 Å². The second-order valence-electron chi connectivity index (χ2n) is 4.59. The normalized spacial score (nSPS) is 10.2. The third-order valence-corrected chi connectivity index (χ3v) is 3.28. The second-order valence-corrected chi connectivity index (χ2v) is 4.59. The molecule has 2 aromatic rings. The van der Waals surface area contributed by atoms with Crippen LogP contribution < -0.4 is 4.90 Å². The molecule has 0 radical (unpaired) electrons. The number of likely N-dealkylation sites (N-methyl/N-ethyl adjacent to an activating group) is 1. The van der Waals surface area contributed by atoms with E-state index in [1.807, 2.05) is 61.5 Å². The molecule has 2 rings (SSSR count). The quantitative estimate of drug-likeness (QED) is 0.757. The van der Waals surface area contributed by atoms with Crippen LogP contribution in [0.3, 0.4) is 0 Å². The van der Waals surface area contributed by atoms with Crippen LogP contribution in [0.25, 0.3) is 0 Å². The molecule has 0 unspecified atom stereocenters. The number of hydrogen-bond acceptors (Lipinski definition) is 2. The fourth-order valence-electron chi connectivity index (χ4n) is 2.17. The number of nitrogens with zero attached hydrogens (tertiary/aromatic N) is 1. The lowest BCUT2D eigenvalue weighted by Gasteiger charge is -2.22. The summed E-state index contributed by atoms with van der Waals surface area (Å²) in [6.07, 6.45) is 0. The molecule has 0 N–H and O–H groups in total.